The van der Waals surface area contributed by atoms with Crippen LogP contribution in [0.4, 0.5) is 0 Å². The van der Waals surface area contributed by atoms with Crippen LogP contribution in [0.1, 0.15) is 24.5 Å². The van der Waals surface area contributed by atoms with Gasteiger partial charge in [0.15, 0.2) is 0 Å². The predicted molar refractivity (Wildman–Crippen MR) is 77.7 cm³/mol. The van der Waals surface area contributed by atoms with Gasteiger partial charge in [-0.05, 0) is 30.7 Å². The van der Waals surface area contributed by atoms with Gasteiger partial charge in [0.25, 0.3) is 0 Å². The third-order valence-electron chi connectivity index (χ3n) is 3.23. The summed E-state index contributed by atoms with van der Waals surface area (Å²) in [7, 11) is 0. The predicted octanol–water partition coefficient (Wildman–Crippen LogP) is 2.09. The molecule has 0 aromatic heterocycles. The Bertz CT molecular complexity index is 439. The Labute approximate surface area is 122 Å². The average molecular weight is 327 g/mol. The lowest BCUT2D eigenvalue weighted by atomic mass is 10.1. The molecule has 1 aromatic carbocycles. The molecule has 1 fully saturated rings. The van der Waals surface area contributed by atoms with Crippen molar-refractivity contribution in [3.63, 3.8) is 0 Å². The fourth-order valence-electron chi connectivity index (χ4n) is 2.20. The van der Waals surface area contributed by atoms with E-state index in [9.17, 15) is 4.79 Å². The molecule has 1 aliphatic heterocycles. The van der Waals surface area contributed by atoms with Crippen molar-refractivity contribution in [2.75, 3.05) is 26.2 Å². The smallest absolute Gasteiger partial charge is 0.222 e. The third kappa shape index (κ3) is 4.03. The Hall–Kier alpha value is -0.910. The molecule has 104 valence electrons. The second-order valence-corrected chi connectivity index (χ2v) is 5.56. The quantitative estimate of drug-likeness (QED) is 0.921. The van der Waals surface area contributed by atoms with Crippen LogP contribution < -0.4 is 5.73 Å². The van der Waals surface area contributed by atoms with E-state index in [-0.39, 0.29) is 12.0 Å². The first-order valence-electron chi connectivity index (χ1n) is 6.55. The number of rotatable bonds is 4. The SMILES string of the molecule is NCCCC(=O)N1CCOC(c2cccc(Br)c2)C1. The fraction of sp³-hybridized carbons (Fsp3) is 0.500. The molecule has 1 unspecified atom stereocenters. The molecule has 4 nitrogen and oxygen atoms in total. The van der Waals surface area contributed by atoms with E-state index in [4.69, 9.17) is 10.5 Å². The zero-order valence-corrected chi connectivity index (χ0v) is 12.4. The van der Waals surface area contributed by atoms with Crippen molar-refractivity contribution in [1.29, 1.82) is 0 Å². The molecule has 1 amide bonds. The summed E-state index contributed by atoms with van der Waals surface area (Å²) in [6.07, 6.45) is 1.24. The molecule has 0 saturated carbocycles. The average Bonchev–Trinajstić information content (AvgIpc) is 2.45. The molecule has 0 bridgehead atoms. The monoisotopic (exact) mass is 326 g/mol. The Morgan fingerprint density at radius 2 is 2.37 bits per heavy atom. The minimum Gasteiger partial charge on any atom is -0.370 e. The van der Waals surface area contributed by atoms with E-state index in [0.717, 1.165) is 16.5 Å². The topological polar surface area (TPSA) is 55.6 Å². The largest absolute Gasteiger partial charge is 0.370 e. The minimum atomic E-state index is -0.0342. The van der Waals surface area contributed by atoms with Gasteiger partial charge in [0.2, 0.25) is 5.91 Å². The van der Waals surface area contributed by atoms with Gasteiger partial charge in [-0.3, -0.25) is 4.79 Å². The van der Waals surface area contributed by atoms with Crippen LogP contribution in [0.5, 0.6) is 0 Å². The van der Waals surface area contributed by atoms with Crippen molar-refractivity contribution < 1.29 is 9.53 Å². The number of ether oxygens (including phenoxy) is 1. The number of nitrogens with zero attached hydrogens (tertiary/aromatic N) is 1. The Morgan fingerprint density at radius 3 is 3.11 bits per heavy atom. The van der Waals surface area contributed by atoms with Gasteiger partial charge in [0.1, 0.15) is 6.10 Å². The van der Waals surface area contributed by atoms with Crippen molar-refractivity contribution >= 4 is 21.8 Å². The molecule has 0 aliphatic carbocycles. The van der Waals surface area contributed by atoms with Gasteiger partial charge in [-0.2, -0.15) is 0 Å². The number of benzene rings is 1. The number of amides is 1. The molecule has 19 heavy (non-hydrogen) atoms. The summed E-state index contributed by atoms with van der Waals surface area (Å²) >= 11 is 3.46. The van der Waals surface area contributed by atoms with Crippen LogP contribution in [0.15, 0.2) is 28.7 Å². The lowest BCUT2D eigenvalue weighted by molar-refractivity contribution is -0.139. The highest BCUT2D eigenvalue weighted by atomic mass is 79.9. The standard InChI is InChI=1S/C14H19BrN2O2/c15-12-4-1-3-11(9-12)13-10-17(7-8-19-13)14(18)5-2-6-16/h1,3-4,9,13H,2,5-8,10,16H2. The van der Waals surface area contributed by atoms with E-state index in [1.54, 1.807) is 0 Å². The zero-order chi connectivity index (χ0) is 13.7. The van der Waals surface area contributed by atoms with Gasteiger partial charge in [-0.15, -0.1) is 0 Å². The minimum absolute atomic E-state index is 0.0342. The van der Waals surface area contributed by atoms with Crippen LogP contribution >= 0.6 is 15.9 Å². The Morgan fingerprint density at radius 1 is 1.53 bits per heavy atom. The Kier molecular flexibility index (Phi) is 5.36. The van der Waals surface area contributed by atoms with Crippen LogP contribution in [0.2, 0.25) is 0 Å². The highest BCUT2D eigenvalue weighted by Gasteiger charge is 2.24. The number of carbonyl (C=O) groups excluding carboxylic acids is 1. The maximum Gasteiger partial charge on any atom is 0.222 e. The normalized spacial score (nSPS) is 19.5. The van der Waals surface area contributed by atoms with Crippen LogP contribution in [-0.4, -0.2) is 37.0 Å². The van der Waals surface area contributed by atoms with Crippen LogP contribution in [0.3, 0.4) is 0 Å². The van der Waals surface area contributed by atoms with Gasteiger partial charge in [-0.25, -0.2) is 0 Å². The lowest BCUT2D eigenvalue weighted by Gasteiger charge is -2.33. The number of halogens is 1. The summed E-state index contributed by atoms with van der Waals surface area (Å²) in [5, 5.41) is 0. The molecular weight excluding hydrogens is 308 g/mol. The molecule has 1 atom stereocenters. The van der Waals surface area contributed by atoms with Gasteiger partial charge in [0.05, 0.1) is 13.2 Å². The van der Waals surface area contributed by atoms with Crippen LogP contribution in [0, 0.1) is 0 Å². The molecule has 5 heteroatoms. The fourth-order valence-corrected chi connectivity index (χ4v) is 2.61. The second-order valence-electron chi connectivity index (χ2n) is 4.65. The summed E-state index contributed by atoms with van der Waals surface area (Å²) in [5.74, 6) is 0.175. The molecule has 1 saturated heterocycles. The zero-order valence-electron chi connectivity index (χ0n) is 10.8. The first-order valence-corrected chi connectivity index (χ1v) is 7.35. The number of hydrogen-bond donors (Lipinski definition) is 1. The van der Waals surface area contributed by atoms with E-state index in [1.807, 2.05) is 29.2 Å². The maximum absolute atomic E-state index is 12.0. The summed E-state index contributed by atoms with van der Waals surface area (Å²) < 4.78 is 6.79. The van der Waals surface area contributed by atoms with Crippen molar-refractivity contribution in [2.24, 2.45) is 5.73 Å². The molecule has 2 rings (SSSR count). The number of morpholine rings is 1. The summed E-state index contributed by atoms with van der Waals surface area (Å²) in [5.41, 5.74) is 6.54. The Balaban J connectivity index is 1.99. The maximum atomic E-state index is 12.0. The van der Waals surface area contributed by atoms with Crippen molar-refractivity contribution in [2.45, 2.75) is 18.9 Å². The third-order valence-corrected chi connectivity index (χ3v) is 3.73. The second kappa shape index (κ2) is 7.03. The highest BCUT2D eigenvalue weighted by Crippen LogP contribution is 2.25. The van der Waals surface area contributed by atoms with Crippen molar-refractivity contribution in [3.05, 3.63) is 34.3 Å². The molecule has 1 heterocycles. The van der Waals surface area contributed by atoms with Gasteiger partial charge in [-0.1, -0.05) is 28.1 Å². The molecule has 0 radical (unpaired) electrons. The number of carbonyl (C=O) groups is 1. The first kappa shape index (κ1) is 14.5. The lowest BCUT2D eigenvalue weighted by Crippen LogP contribution is -2.42. The first-order chi connectivity index (χ1) is 9.20. The van der Waals surface area contributed by atoms with Gasteiger partial charge >= 0.3 is 0 Å². The van der Waals surface area contributed by atoms with Crippen LogP contribution in [0.25, 0.3) is 0 Å². The molecule has 1 aromatic rings. The number of hydrogen-bond acceptors (Lipinski definition) is 3. The summed E-state index contributed by atoms with van der Waals surface area (Å²) in [6.45, 7) is 2.45. The van der Waals surface area contributed by atoms with E-state index in [1.165, 1.54) is 0 Å². The van der Waals surface area contributed by atoms with Gasteiger partial charge < -0.3 is 15.4 Å². The molecule has 0 spiro atoms. The number of nitrogens with two attached hydrogens (primary N) is 1. The van der Waals surface area contributed by atoms with E-state index in [2.05, 4.69) is 15.9 Å². The molecule has 1 aliphatic rings. The van der Waals surface area contributed by atoms with Crippen LogP contribution in [-0.2, 0) is 9.53 Å². The molecular formula is C14H19BrN2O2. The van der Waals surface area contributed by atoms with Crippen molar-refractivity contribution in [1.82, 2.24) is 4.90 Å². The van der Waals surface area contributed by atoms with E-state index >= 15 is 0 Å². The highest BCUT2D eigenvalue weighted by molar-refractivity contribution is 9.10. The summed E-state index contributed by atoms with van der Waals surface area (Å²) in [4.78, 5) is 13.9. The van der Waals surface area contributed by atoms with Crippen molar-refractivity contribution in [3.8, 4) is 0 Å². The van der Waals surface area contributed by atoms with E-state index < -0.39 is 0 Å². The van der Waals surface area contributed by atoms with E-state index in [0.29, 0.717) is 32.7 Å². The summed E-state index contributed by atoms with van der Waals surface area (Å²) in [6, 6.07) is 8.04. The van der Waals surface area contributed by atoms with Gasteiger partial charge in [0, 0.05) is 17.4 Å². The molecule has 2 N–H and O–H groups in total.